The number of hydrogen-bond acceptors (Lipinski definition) is 4. The van der Waals surface area contributed by atoms with E-state index in [2.05, 4.69) is 176 Å². The van der Waals surface area contributed by atoms with Gasteiger partial charge in [0, 0.05) is 48.0 Å². The SMILES string of the molecule is c1ccc(-c2ccc(-c3cc(-c4ccc5c(c4)C4(c6ccccc6Oc6ccccc64)c4ccc6sc7ccccc7c6c4-5)nc(-c4ccccc4)n3)cc2)cc1. The summed E-state index contributed by atoms with van der Waals surface area (Å²) in [6.07, 6.45) is 0. The van der Waals surface area contributed by atoms with Crippen LogP contribution in [0.4, 0.5) is 0 Å². The van der Waals surface area contributed by atoms with Gasteiger partial charge in [-0.15, -0.1) is 11.3 Å². The average molecular weight is 745 g/mol. The predicted molar refractivity (Wildman–Crippen MR) is 234 cm³/mol. The van der Waals surface area contributed by atoms with Crippen LogP contribution in [0.1, 0.15) is 22.3 Å². The molecule has 3 nitrogen and oxygen atoms in total. The van der Waals surface area contributed by atoms with Crippen LogP contribution in [0.15, 0.2) is 194 Å². The Balaban J connectivity index is 1.13. The largest absolute Gasteiger partial charge is 0.457 e. The molecule has 0 atom stereocenters. The van der Waals surface area contributed by atoms with E-state index in [0.29, 0.717) is 5.82 Å². The molecule has 10 aromatic rings. The zero-order valence-electron chi connectivity index (χ0n) is 30.7. The van der Waals surface area contributed by atoms with Crippen LogP contribution >= 0.6 is 11.3 Å². The van der Waals surface area contributed by atoms with E-state index in [-0.39, 0.29) is 0 Å². The maximum absolute atomic E-state index is 6.70. The van der Waals surface area contributed by atoms with E-state index in [1.807, 2.05) is 29.5 Å². The standard InChI is InChI=1S/C53H32N2OS/c1-3-13-33(14-4-1)34-23-25-35(26-24-34)44-32-45(55-52(54-44)36-15-5-2-6-16-36)37-27-28-38-43(31-37)53(40-18-8-10-20-46(40)56-47-21-11-9-19-41(47)53)42-29-30-49-51(50(38)42)39-17-7-12-22-48(39)57-49/h1-32H. The molecule has 0 fully saturated rings. The lowest BCUT2D eigenvalue weighted by Gasteiger charge is -2.39. The summed E-state index contributed by atoms with van der Waals surface area (Å²) in [6, 6.07) is 69.3. The van der Waals surface area contributed by atoms with E-state index >= 15 is 0 Å². The Bertz CT molecular complexity index is 3160. The number of nitrogens with zero attached hydrogens (tertiary/aromatic N) is 2. The fourth-order valence-corrected chi connectivity index (χ4v) is 10.4. The van der Waals surface area contributed by atoms with E-state index in [9.17, 15) is 0 Å². The summed E-state index contributed by atoms with van der Waals surface area (Å²) >= 11 is 1.87. The van der Waals surface area contributed by atoms with Crippen LogP contribution in [0.3, 0.4) is 0 Å². The van der Waals surface area contributed by atoms with Gasteiger partial charge in [-0.05, 0) is 69.8 Å². The van der Waals surface area contributed by atoms with Crippen LogP contribution in [-0.2, 0) is 5.41 Å². The molecule has 0 bridgehead atoms. The Kier molecular flexibility index (Phi) is 7.01. The minimum absolute atomic E-state index is 0.616. The number of aromatic nitrogens is 2. The van der Waals surface area contributed by atoms with E-state index in [1.165, 1.54) is 53.6 Å². The molecule has 0 unspecified atom stereocenters. The van der Waals surface area contributed by atoms with Gasteiger partial charge in [-0.2, -0.15) is 0 Å². The van der Waals surface area contributed by atoms with Crippen molar-refractivity contribution in [3.05, 3.63) is 216 Å². The van der Waals surface area contributed by atoms with Gasteiger partial charge in [0.05, 0.1) is 16.8 Å². The van der Waals surface area contributed by atoms with Crippen molar-refractivity contribution in [1.82, 2.24) is 9.97 Å². The second-order valence-corrected chi connectivity index (χ2v) is 15.9. The van der Waals surface area contributed by atoms with Gasteiger partial charge < -0.3 is 4.74 Å². The molecule has 3 heterocycles. The Morgan fingerprint density at radius 1 is 0.404 bits per heavy atom. The predicted octanol–water partition coefficient (Wildman–Crippen LogP) is 14.0. The lowest BCUT2D eigenvalue weighted by Crippen LogP contribution is -2.32. The smallest absolute Gasteiger partial charge is 0.160 e. The first kappa shape index (κ1) is 32.1. The summed E-state index contributed by atoms with van der Waals surface area (Å²) in [6.45, 7) is 0. The molecule has 266 valence electrons. The van der Waals surface area contributed by atoms with E-state index < -0.39 is 5.41 Å². The molecule has 0 saturated carbocycles. The molecule has 2 aliphatic rings. The third-order valence-electron chi connectivity index (χ3n) is 11.8. The third-order valence-corrected chi connectivity index (χ3v) is 12.9. The zero-order chi connectivity index (χ0) is 37.5. The Morgan fingerprint density at radius 2 is 0.982 bits per heavy atom. The van der Waals surface area contributed by atoms with Crippen molar-refractivity contribution in [3.63, 3.8) is 0 Å². The molecule has 57 heavy (non-hydrogen) atoms. The lowest BCUT2D eigenvalue weighted by atomic mass is 9.66. The summed E-state index contributed by atoms with van der Waals surface area (Å²) in [5.74, 6) is 2.46. The minimum Gasteiger partial charge on any atom is -0.457 e. The van der Waals surface area contributed by atoms with Crippen LogP contribution < -0.4 is 4.74 Å². The lowest BCUT2D eigenvalue weighted by molar-refractivity contribution is 0.436. The fraction of sp³-hybridized carbons (Fsp3) is 0.0189. The van der Waals surface area contributed by atoms with Gasteiger partial charge in [0.25, 0.3) is 0 Å². The molecule has 0 saturated heterocycles. The van der Waals surface area contributed by atoms with Crippen molar-refractivity contribution in [2.45, 2.75) is 5.41 Å². The molecule has 4 heteroatoms. The van der Waals surface area contributed by atoms with Crippen molar-refractivity contribution >= 4 is 31.5 Å². The van der Waals surface area contributed by atoms with Crippen molar-refractivity contribution in [2.75, 3.05) is 0 Å². The molecular weight excluding hydrogens is 713 g/mol. The first-order chi connectivity index (χ1) is 28.2. The van der Waals surface area contributed by atoms with Crippen LogP contribution in [0.2, 0.25) is 0 Å². The highest BCUT2D eigenvalue weighted by molar-refractivity contribution is 7.26. The number of thiophene rings is 1. The monoisotopic (exact) mass is 744 g/mol. The van der Waals surface area contributed by atoms with Crippen molar-refractivity contribution in [2.24, 2.45) is 0 Å². The maximum atomic E-state index is 6.70. The van der Waals surface area contributed by atoms with E-state index in [1.54, 1.807) is 0 Å². The highest BCUT2D eigenvalue weighted by Gasteiger charge is 2.51. The van der Waals surface area contributed by atoms with Gasteiger partial charge in [0.2, 0.25) is 0 Å². The van der Waals surface area contributed by atoms with Crippen LogP contribution in [0.5, 0.6) is 11.5 Å². The fourth-order valence-electron chi connectivity index (χ4n) is 9.28. The van der Waals surface area contributed by atoms with Gasteiger partial charge in [-0.25, -0.2) is 9.97 Å². The van der Waals surface area contributed by atoms with Crippen LogP contribution in [0, 0.1) is 0 Å². The van der Waals surface area contributed by atoms with Gasteiger partial charge in [0.15, 0.2) is 5.82 Å². The average Bonchev–Trinajstić information content (AvgIpc) is 3.80. The number of para-hydroxylation sites is 2. The van der Waals surface area contributed by atoms with E-state index in [0.717, 1.165) is 50.7 Å². The normalized spacial score (nSPS) is 13.2. The molecule has 0 radical (unpaired) electrons. The first-order valence-corrected chi connectivity index (χ1v) is 20.1. The number of fused-ring (bicyclic) bond motifs is 13. The maximum Gasteiger partial charge on any atom is 0.160 e. The van der Waals surface area contributed by atoms with Gasteiger partial charge in [-0.3, -0.25) is 0 Å². The van der Waals surface area contributed by atoms with Crippen LogP contribution in [0.25, 0.3) is 76.3 Å². The van der Waals surface area contributed by atoms with E-state index in [4.69, 9.17) is 14.7 Å². The van der Waals surface area contributed by atoms with Gasteiger partial charge in [-0.1, -0.05) is 158 Å². The summed E-state index contributed by atoms with van der Waals surface area (Å²) in [5, 5.41) is 2.61. The first-order valence-electron chi connectivity index (χ1n) is 19.3. The highest BCUT2D eigenvalue weighted by atomic mass is 32.1. The third kappa shape index (κ3) is 4.78. The Hall–Kier alpha value is -7.14. The summed E-state index contributed by atoms with van der Waals surface area (Å²) in [4.78, 5) is 10.5. The molecular formula is C53H32N2OS. The zero-order valence-corrected chi connectivity index (χ0v) is 31.5. The second-order valence-electron chi connectivity index (χ2n) is 14.8. The number of ether oxygens (including phenoxy) is 1. The molecule has 8 aromatic carbocycles. The molecule has 0 amide bonds. The van der Waals surface area contributed by atoms with Crippen molar-refractivity contribution in [1.29, 1.82) is 0 Å². The second kappa shape index (κ2) is 12.4. The molecule has 1 spiro atoms. The molecule has 1 aliphatic carbocycles. The topological polar surface area (TPSA) is 35.0 Å². The molecule has 2 aromatic heterocycles. The number of rotatable bonds is 4. The molecule has 1 aliphatic heterocycles. The summed E-state index contributed by atoms with van der Waals surface area (Å²) < 4.78 is 9.29. The molecule has 0 N–H and O–H groups in total. The Morgan fingerprint density at radius 3 is 1.72 bits per heavy atom. The number of hydrogen-bond donors (Lipinski definition) is 0. The summed E-state index contributed by atoms with van der Waals surface area (Å²) in [7, 11) is 0. The van der Waals surface area contributed by atoms with Gasteiger partial charge in [0.1, 0.15) is 11.5 Å². The van der Waals surface area contributed by atoms with Crippen molar-refractivity contribution in [3.8, 4) is 67.7 Å². The molecule has 12 rings (SSSR count). The minimum atomic E-state index is -0.616. The van der Waals surface area contributed by atoms with Crippen LogP contribution in [-0.4, -0.2) is 9.97 Å². The quantitative estimate of drug-likeness (QED) is 0.180. The summed E-state index contributed by atoms with van der Waals surface area (Å²) in [5.41, 5.74) is 13.9. The van der Waals surface area contributed by atoms with Crippen molar-refractivity contribution < 1.29 is 4.74 Å². The van der Waals surface area contributed by atoms with Gasteiger partial charge >= 0.3 is 0 Å². The Labute approximate surface area is 334 Å². The highest BCUT2D eigenvalue weighted by Crippen LogP contribution is 2.64. The number of benzene rings is 8.